The van der Waals surface area contributed by atoms with E-state index in [0.717, 1.165) is 10.5 Å². The summed E-state index contributed by atoms with van der Waals surface area (Å²) in [5.74, 6) is -0.381. The number of carbonyl (C=O) groups excluding carboxylic acids is 3. The van der Waals surface area contributed by atoms with Crippen molar-refractivity contribution < 1.29 is 19.1 Å². The van der Waals surface area contributed by atoms with E-state index in [0.29, 0.717) is 39.9 Å². The van der Waals surface area contributed by atoms with Gasteiger partial charge in [0, 0.05) is 26.9 Å². The van der Waals surface area contributed by atoms with Gasteiger partial charge in [-0.2, -0.15) is 0 Å². The van der Waals surface area contributed by atoms with Gasteiger partial charge >= 0.3 is 0 Å². The minimum atomic E-state index is -0.492. The predicted molar refractivity (Wildman–Crippen MR) is 190 cm³/mol. The van der Waals surface area contributed by atoms with E-state index < -0.39 is 11.8 Å². The van der Waals surface area contributed by atoms with Crippen LogP contribution < -0.4 is 20.7 Å². The molecule has 5 aromatic rings. The van der Waals surface area contributed by atoms with Gasteiger partial charge in [0.15, 0.2) is 0 Å². The molecule has 0 aromatic heterocycles. The molecule has 0 saturated heterocycles. The molecule has 0 saturated carbocycles. The number of thioether (sulfide) groups is 1. The number of hydrogen-bond donors (Lipinski definition) is 3. The average molecular weight is 662 g/mol. The summed E-state index contributed by atoms with van der Waals surface area (Å²) in [6, 6.07) is 39.9. The van der Waals surface area contributed by atoms with Crippen LogP contribution in [0.3, 0.4) is 0 Å². The normalized spacial score (nSPS) is 11.7. The zero-order valence-electron chi connectivity index (χ0n) is 25.5. The molecule has 0 aliphatic rings. The summed E-state index contributed by atoms with van der Waals surface area (Å²) >= 11 is 7.40. The molecule has 0 fully saturated rings. The number of rotatable bonds is 12. The summed E-state index contributed by atoms with van der Waals surface area (Å²) in [7, 11) is 0. The van der Waals surface area contributed by atoms with Crippen molar-refractivity contribution in [1.82, 2.24) is 5.32 Å². The van der Waals surface area contributed by atoms with Crippen LogP contribution in [-0.4, -0.2) is 23.0 Å². The van der Waals surface area contributed by atoms with Crippen molar-refractivity contribution in [3.8, 4) is 5.75 Å². The third-order valence-corrected chi connectivity index (χ3v) is 8.20. The predicted octanol–water partition coefficient (Wildman–Crippen LogP) is 8.45. The lowest BCUT2D eigenvalue weighted by molar-refractivity contribution is -0.115. The van der Waals surface area contributed by atoms with Crippen molar-refractivity contribution in [2.45, 2.75) is 23.7 Å². The molecule has 1 unspecified atom stereocenters. The van der Waals surface area contributed by atoms with Gasteiger partial charge in [-0.25, -0.2) is 0 Å². The number of amides is 3. The minimum absolute atomic E-state index is 0.0709. The fourth-order valence-electron chi connectivity index (χ4n) is 4.39. The van der Waals surface area contributed by atoms with E-state index in [2.05, 4.69) is 16.0 Å². The highest BCUT2D eigenvalue weighted by Gasteiger charge is 2.17. The molecule has 47 heavy (non-hydrogen) atoms. The molecule has 3 N–H and O–H groups in total. The Morgan fingerprint density at radius 3 is 2.13 bits per heavy atom. The zero-order chi connectivity index (χ0) is 33.0. The van der Waals surface area contributed by atoms with Gasteiger partial charge in [0.2, 0.25) is 5.91 Å². The third-order valence-electron chi connectivity index (χ3n) is 6.85. The van der Waals surface area contributed by atoms with Gasteiger partial charge in [0.05, 0.1) is 5.25 Å². The van der Waals surface area contributed by atoms with Crippen molar-refractivity contribution in [3.05, 3.63) is 161 Å². The molecule has 0 aliphatic carbocycles. The van der Waals surface area contributed by atoms with Crippen LogP contribution in [0.4, 0.5) is 11.4 Å². The van der Waals surface area contributed by atoms with E-state index >= 15 is 0 Å². The highest BCUT2D eigenvalue weighted by molar-refractivity contribution is 8.00. The van der Waals surface area contributed by atoms with Crippen molar-refractivity contribution in [1.29, 1.82) is 0 Å². The monoisotopic (exact) mass is 661 g/mol. The molecule has 7 nitrogen and oxygen atoms in total. The van der Waals surface area contributed by atoms with Crippen LogP contribution in [0.25, 0.3) is 6.08 Å². The first-order chi connectivity index (χ1) is 22.8. The van der Waals surface area contributed by atoms with Crippen molar-refractivity contribution in [2.24, 2.45) is 0 Å². The summed E-state index contributed by atoms with van der Waals surface area (Å²) in [5.41, 5.74) is 3.41. The average Bonchev–Trinajstić information content (AvgIpc) is 3.09. The third kappa shape index (κ3) is 10.1. The first kappa shape index (κ1) is 33.1. The van der Waals surface area contributed by atoms with Gasteiger partial charge in [-0.1, -0.05) is 78.3 Å². The molecule has 0 spiro atoms. The molecular formula is C38H32ClN3O4S. The number of hydrogen-bond acceptors (Lipinski definition) is 5. The lowest BCUT2D eigenvalue weighted by Crippen LogP contribution is -2.30. The van der Waals surface area contributed by atoms with Crippen LogP contribution in [0.5, 0.6) is 5.75 Å². The minimum Gasteiger partial charge on any atom is -0.489 e. The van der Waals surface area contributed by atoms with E-state index in [9.17, 15) is 14.4 Å². The second kappa shape index (κ2) is 16.3. The number of halogens is 1. The molecule has 5 rings (SSSR count). The van der Waals surface area contributed by atoms with E-state index in [4.69, 9.17) is 16.3 Å². The second-order valence-corrected chi connectivity index (χ2v) is 12.3. The second-order valence-electron chi connectivity index (χ2n) is 10.5. The van der Waals surface area contributed by atoms with Gasteiger partial charge in [0.25, 0.3) is 11.8 Å². The fourth-order valence-corrected chi connectivity index (χ4v) is 5.45. The van der Waals surface area contributed by atoms with E-state index in [1.54, 1.807) is 66.7 Å². The Bertz CT molecular complexity index is 1850. The molecule has 0 aliphatic heterocycles. The standard InChI is InChI=1S/C38H32ClN3O4S/c1-26(36(43)41-32-14-8-13-30(39)24-32)47-34-21-17-31(18-22-34)40-38(45)35(42-37(44)29-11-6-3-7-12-29)23-27-15-19-33(20-16-27)46-25-28-9-4-2-5-10-28/h2-24,26H,25H2,1H3,(H,40,45)(H,41,43)(H,42,44)/b35-23-. The summed E-state index contributed by atoms with van der Waals surface area (Å²) in [6.07, 6.45) is 1.61. The molecule has 5 aromatic carbocycles. The molecule has 0 heterocycles. The Balaban J connectivity index is 1.25. The smallest absolute Gasteiger partial charge is 0.272 e. The topological polar surface area (TPSA) is 96.5 Å². The molecule has 1 atom stereocenters. The Hall–Kier alpha value is -5.31. The van der Waals surface area contributed by atoms with E-state index in [1.807, 2.05) is 79.7 Å². The number of anilines is 2. The highest BCUT2D eigenvalue weighted by atomic mass is 35.5. The van der Waals surface area contributed by atoms with Crippen molar-refractivity contribution >= 4 is 58.5 Å². The largest absolute Gasteiger partial charge is 0.489 e. The lowest BCUT2D eigenvalue weighted by atomic mass is 10.1. The Kier molecular flexibility index (Phi) is 11.5. The van der Waals surface area contributed by atoms with Gasteiger partial charge in [-0.05, 0) is 90.9 Å². The SMILES string of the molecule is CC(Sc1ccc(NC(=O)/C(=C/c2ccc(OCc3ccccc3)cc2)NC(=O)c2ccccc2)cc1)C(=O)Nc1cccc(Cl)c1. The van der Waals surface area contributed by atoms with Crippen LogP contribution in [0.15, 0.2) is 144 Å². The highest BCUT2D eigenvalue weighted by Crippen LogP contribution is 2.26. The van der Waals surface area contributed by atoms with E-state index in [-0.39, 0.29) is 16.9 Å². The zero-order valence-corrected chi connectivity index (χ0v) is 27.1. The summed E-state index contributed by atoms with van der Waals surface area (Å²) < 4.78 is 5.88. The fraction of sp³-hybridized carbons (Fsp3) is 0.0789. The number of nitrogens with one attached hydrogen (secondary N) is 3. The molecular weight excluding hydrogens is 630 g/mol. The van der Waals surface area contributed by atoms with Crippen LogP contribution in [0.1, 0.15) is 28.4 Å². The Morgan fingerprint density at radius 2 is 1.45 bits per heavy atom. The number of carbonyl (C=O) groups is 3. The van der Waals surface area contributed by atoms with Gasteiger partial charge in [0.1, 0.15) is 18.1 Å². The Labute approximate surface area is 283 Å². The van der Waals surface area contributed by atoms with Gasteiger partial charge < -0.3 is 20.7 Å². The lowest BCUT2D eigenvalue weighted by Gasteiger charge is -2.14. The van der Waals surface area contributed by atoms with Crippen LogP contribution in [0, 0.1) is 0 Å². The van der Waals surface area contributed by atoms with E-state index in [1.165, 1.54) is 11.8 Å². The first-order valence-corrected chi connectivity index (χ1v) is 16.1. The maximum absolute atomic E-state index is 13.5. The summed E-state index contributed by atoms with van der Waals surface area (Å²) in [6.45, 7) is 2.25. The number of ether oxygens (including phenoxy) is 1. The van der Waals surface area contributed by atoms with Crippen LogP contribution >= 0.6 is 23.4 Å². The van der Waals surface area contributed by atoms with Crippen molar-refractivity contribution in [3.63, 3.8) is 0 Å². The maximum Gasteiger partial charge on any atom is 0.272 e. The maximum atomic E-state index is 13.5. The molecule has 236 valence electrons. The van der Waals surface area contributed by atoms with Crippen LogP contribution in [0.2, 0.25) is 5.02 Å². The van der Waals surface area contributed by atoms with Crippen molar-refractivity contribution in [2.75, 3.05) is 10.6 Å². The van der Waals surface area contributed by atoms with Gasteiger partial charge in [-0.3, -0.25) is 14.4 Å². The quantitative estimate of drug-likeness (QED) is 0.0921. The molecule has 0 radical (unpaired) electrons. The molecule has 9 heteroatoms. The van der Waals surface area contributed by atoms with Crippen LogP contribution in [-0.2, 0) is 16.2 Å². The van der Waals surface area contributed by atoms with Gasteiger partial charge in [-0.15, -0.1) is 11.8 Å². The Morgan fingerprint density at radius 1 is 0.766 bits per heavy atom. The summed E-state index contributed by atoms with van der Waals surface area (Å²) in [4.78, 5) is 40.0. The molecule has 3 amide bonds. The number of benzene rings is 5. The first-order valence-electron chi connectivity index (χ1n) is 14.8. The molecule has 0 bridgehead atoms. The summed E-state index contributed by atoms with van der Waals surface area (Å²) in [5, 5.41) is 8.65.